The molecule has 0 aliphatic heterocycles. The van der Waals surface area contributed by atoms with Gasteiger partial charge < -0.3 is 29.4 Å². The van der Waals surface area contributed by atoms with E-state index < -0.39 is 23.8 Å². The summed E-state index contributed by atoms with van der Waals surface area (Å²) in [7, 11) is 4.21. The van der Waals surface area contributed by atoms with Crippen molar-refractivity contribution in [1.29, 1.82) is 0 Å². The molecule has 0 heterocycles. The molecule has 1 unspecified atom stereocenters. The molecule has 0 aromatic heterocycles. The number of carbonyl (C=O) groups excluding carboxylic acids is 1. The Morgan fingerprint density at radius 2 is 1.64 bits per heavy atom. The Kier molecular flexibility index (Phi) is 7.02. The van der Waals surface area contributed by atoms with E-state index in [0.717, 1.165) is 12.1 Å². The first kappa shape index (κ1) is 20.8. The first-order valence-corrected chi connectivity index (χ1v) is 8.13. The Bertz CT molecular complexity index is 839. The number of hydrogen-bond donors (Lipinski definition) is 2. The van der Waals surface area contributed by atoms with Crippen molar-refractivity contribution in [3.63, 3.8) is 0 Å². The fraction of sp³-hybridized carbons (Fsp3) is 0.263. The van der Waals surface area contributed by atoms with Crippen LogP contribution in [0.15, 0.2) is 36.4 Å². The SMILES string of the molecule is COc1ccc(C(=O)NCC(Oc2ccc(F)cc2)C(=O)O)c(OC)c1OC. The monoisotopic (exact) mass is 393 g/mol. The molecule has 1 atom stereocenters. The standard InChI is InChI=1S/C19H20FNO7/c1-25-14-9-8-13(16(26-2)17(14)27-3)18(22)21-10-15(19(23)24)28-12-6-4-11(20)5-7-12/h4-9,15H,10H2,1-3H3,(H,21,22)(H,23,24). The Balaban J connectivity index is 2.14. The Morgan fingerprint density at radius 3 is 2.18 bits per heavy atom. The van der Waals surface area contributed by atoms with Crippen LogP contribution in [-0.4, -0.2) is 51.0 Å². The second-order valence-electron chi connectivity index (χ2n) is 5.49. The van der Waals surface area contributed by atoms with Gasteiger partial charge in [0.15, 0.2) is 11.5 Å². The zero-order valence-corrected chi connectivity index (χ0v) is 15.5. The number of halogens is 1. The molecule has 9 heteroatoms. The number of ether oxygens (including phenoxy) is 4. The molecule has 0 aliphatic carbocycles. The van der Waals surface area contributed by atoms with Crippen molar-refractivity contribution in [2.75, 3.05) is 27.9 Å². The maximum absolute atomic E-state index is 13.0. The molecule has 2 aromatic rings. The summed E-state index contributed by atoms with van der Waals surface area (Å²) in [6.45, 7) is -0.330. The van der Waals surface area contributed by atoms with Gasteiger partial charge in [0.1, 0.15) is 11.6 Å². The number of nitrogens with one attached hydrogen (secondary N) is 1. The second-order valence-corrected chi connectivity index (χ2v) is 5.49. The topological polar surface area (TPSA) is 103 Å². The van der Waals surface area contributed by atoms with Crippen LogP contribution >= 0.6 is 0 Å². The highest BCUT2D eigenvalue weighted by atomic mass is 19.1. The first-order valence-electron chi connectivity index (χ1n) is 8.13. The van der Waals surface area contributed by atoms with Gasteiger partial charge in [-0.2, -0.15) is 0 Å². The van der Waals surface area contributed by atoms with Crippen molar-refractivity contribution in [1.82, 2.24) is 5.32 Å². The molecule has 28 heavy (non-hydrogen) atoms. The maximum atomic E-state index is 13.0. The van der Waals surface area contributed by atoms with E-state index in [9.17, 15) is 19.1 Å². The van der Waals surface area contributed by atoms with Crippen molar-refractivity contribution < 1.29 is 38.0 Å². The lowest BCUT2D eigenvalue weighted by Crippen LogP contribution is -2.40. The van der Waals surface area contributed by atoms with Gasteiger partial charge in [-0.3, -0.25) is 4.79 Å². The van der Waals surface area contributed by atoms with Gasteiger partial charge >= 0.3 is 5.97 Å². The highest BCUT2D eigenvalue weighted by Crippen LogP contribution is 2.39. The molecule has 2 aromatic carbocycles. The molecule has 0 radical (unpaired) electrons. The van der Waals surface area contributed by atoms with Crippen molar-refractivity contribution in [2.24, 2.45) is 0 Å². The van der Waals surface area contributed by atoms with Gasteiger partial charge in [0, 0.05) is 0 Å². The van der Waals surface area contributed by atoms with Crippen LogP contribution in [0.2, 0.25) is 0 Å². The zero-order chi connectivity index (χ0) is 20.7. The molecule has 2 rings (SSSR count). The first-order chi connectivity index (χ1) is 13.4. The highest BCUT2D eigenvalue weighted by molar-refractivity contribution is 5.98. The molecule has 0 aliphatic rings. The molecule has 0 saturated carbocycles. The van der Waals surface area contributed by atoms with Crippen molar-refractivity contribution in [3.8, 4) is 23.0 Å². The lowest BCUT2D eigenvalue weighted by Gasteiger charge is -2.18. The van der Waals surface area contributed by atoms with Crippen LogP contribution in [0.3, 0.4) is 0 Å². The van der Waals surface area contributed by atoms with Gasteiger partial charge in [0.2, 0.25) is 11.9 Å². The van der Waals surface area contributed by atoms with E-state index in [1.54, 1.807) is 0 Å². The van der Waals surface area contributed by atoms with Crippen LogP contribution in [0.1, 0.15) is 10.4 Å². The highest BCUT2D eigenvalue weighted by Gasteiger charge is 2.24. The quantitative estimate of drug-likeness (QED) is 0.673. The summed E-state index contributed by atoms with van der Waals surface area (Å²) in [5, 5.41) is 11.8. The molecule has 1 amide bonds. The van der Waals surface area contributed by atoms with Crippen molar-refractivity contribution >= 4 is 11.9 Å². The van der Waals surface area contributed by atoms with Crippen molar-refractivity contribution in [2.45, 2.75) is 6.10 Å². The van der Waals surface area contributed by atoms with Crippen molar-refractivity contribution in [3.05, 3.63) is 47.8 Å². The summed E-state index contributed by atoms with van der Waals surface area (Å²) in [4.78, 5) is 23.9. The van der Waals surface area contributed by atoms with Crippen LogP contribution in [0.4, 0.5) is 4.39 Å². The van der Waals surface area contributed by atoms with Gasteiger partial charge in [-0.15, -0.1) is 0 Å². The minimum absolute atomic E-state index is 0.131. The predicted octanol–water partition coefficient (Wildman–Crippen LogP) is 2.11. The molecular weight excluding hydrogens is 373 g/mol. The van der Waals surface area contributed by atoms with E-state index in [1.807, 2.05) is 0 Å². The molecule has 150 valence electrons. The van der Waals surface area contributed by atoms with Gasteiger partial charge in [-0.05, 0) is 36.4 Å². The largest absolute Gasteiger partial charge is 0.493 e. The fourth-order valence-electron chi connectivity index (χ4n) is 2.42. The average Bonchev–Trinajstić information content (AvgIpc) is 2.70. The van der Waals surface area contributed by atoms with Crippen LogP contribution in [-0.2, 0) is 4.79 Å². The van der Waals surface area contributed by atoms with Crippen LogP contribution in [0.25, 0.3) is 0 Å². The minimum Gasteiger partial charge on any atom is -0.493 e. The number of aliphatic carboxylic acids is 1. The molecule has 0 saturated heterocycles. The van der Waals surface area contributed by atoms with E-state index >= 15 is 0 Å². The zero-order valence-electron chi connectivity index (χ0n) is 15.5. The minimum atomic E-state index is -1.37. The van der Waals surface area contributed by atoms with E-state index in [2.05, 4.69) is 5.32 Å². The predicted molar refractivity (Wildman–Crippen MR) is 96.9 cm³/mol. The molecule has 0 bridgehead atoms. The summed E-state index contributed by atoms with van der Waals surface area (Å²) in [5.74, 6) is -1.45. The number of amides is 1. The molecule has 2 N–H and O–H groups in total. The Hall–Kier alpha value is -3.49. The summed E-state index contributed by atoms with van der Waals surface area (Å²) in [6.07, 6.45) is -1.37. The van der Waals surface area contributed by atoms with E-state index in [0.29, 0.717) is 5.75 Å². The van der Waals surface area contributed by atoms with E-state index in [4.69, 9.17) is 18.9 Å². The number of benzene rings is 2. The Labute approximate surface area is 160 Å². The van der Waals surface area contributed by atoms with E-state index in [-0.39, 0.29) is 29.4 Å². The summed E-state index contributed by atoms with van der Waals surface area (Å²) < 4.78 is 33.9. The molecule has 0 fully saturated rings. The Morgan fingerprint density at radius 1 is 1.00 bits per heavy atom. The lowest BCUT2D eigenvalue weighted by atomic mass is 10.1. The average molecular weight is 393 g/mol. The number of methoxy groups -OCH3 is 3. The molecule has 0 spiro atoms. The third-order valence-electron chi connectivity index (χ3n) is 3.76. The lowest BCUT2D eigenvalue weighted by molar-refractivity contribution is -0.144. The normalized spacial score (nSPS) is 11.3. The van der Waals surface area contributed by atoms with Crippen LogP contribution < -0.4 is 24.3 Å². The third-order valence-corrected chi connectivity index (χ3v) is 3.76. The van der Waals surface area contributed by atoms with Gasteiger partial charge in [0.25, 0.3) is 5.91 Å². The summed E-state index contributed by atoms with van der Waals surface area (Å²) in [6, 6.07) is 7.86. The van der Waals surface area contributed by atoms with Gasteiger partial charge in [-0.1, -0.05) is 0 Å². The third kappa shape index (κ3) is 4.81. The number of rotatable bonds is 9. The van der Waals surface area contributed by atoms with Crippen LogP contribution in [0.5, 0.6) is 23.0 Å². The number of carboxylic acids is 1. The number of hydrogen-bond acceptors (Lipinski definition) is 6. The maximum Gasteiger partial charge on any atom is 0.346 e. The van der Waals surface area contributed by atoms with E-state index in [1.165, 1.54) is 45.6 Å². The summed E-state index contributed by atoms with van der Waals surface area (Å²) >= 11 is 0. The van der Waals surface area contributed by atoms with Gasteiger partial charge in [0.05, 0.1) is 33.4 Å². The molecule has 8 nitrogen and oxygen atoms in total. The molecular formula is C19H20FNO7. The van der Waals surface area contributed by atoms with Crippen LogP contribution in [0, 0.1) is 5.82 Å². The van der Waals surface area contributed by atoms with Gasteiger partial charge in [-0.25, -0.2) is 9.18 Å². The fourth-order valence-corrected chi connectivity index (χ4v) is 2.42. The number of carboxylic acid groups (broad SMARTS) is 1. The summed E-state index contributed by atoms with van der Waals surface area (Å²) in [5.41, 5.74) is 0.131. The smallest absolute Gasteiger partial charge is 0.346 e. The number of carbonyl (C=O) groups is 2. The second kappa shape index (κ2) is 9.45.